The Morgan fingerprint density at radius 1 is 1.00 bits per heavy atom. The molecule has 4 atom stereocenters. The number of nitrogens with one attached hydrogen (secondary N) is 3. The van der Waals surface area contributed by atoms with Crippen molar-refractivity contribution in [1.82, 2.24) is 20.9 Å². The van der Waals surface area contributed by atoms with Crippen molar-refractivity contribution in [2.45, 2.75) is 62.7 Å². The van der Waals surface area contributed by atoms with Gasteiger partial charge in [0.15, 0.2) is 0 Å². The molecule has 0 aromatic heterocycles. The highest BCUT2D eigenvalue weighted by atomic mass is 16.4. The van der Waals surface area contributed by atoms with Crippen LogP contribution in [0.25, 0.3) is 0 Å². The van der Waals surface area contributed by atoms with Gasteiger partial charge in [0.1, 0.15) is 23.9 Å². The second kappa shape index (κ2) is 11.6. The van der Waals surface area contributed by atoms with Crippen molar-refractivity contribution in [3.63, 3.8) is 0 Å². The molecule has 0 aliphatic carbocycles. The SMILES string of the molecule is O=C(O)CC(NC(=O)C1CCCN1C(=O)C1CCCN1)C(=O)NC(Cc1ccc(O)cc1)C(=O)O. The first-order chi connectivity index (χ1) is 16.7. The molecule has 190 valence electrons. The third kappa shape index (κ3) is 6.92. The summed E-state index contributed by atoms with van der Waals surface area (Å²) in [6.45, 7) is 1.11. The number of carboxylic acids is 2. The molecule has 0 radical (unpaired) electrons. The number of phenolic OH excluding ortho intramolecular Hbond substituents is 1. The maximum Gasteiger partial charge on any atom is 0.326 e. The van der Waals surface area contributed by atoms with Gasteiger partial charge in [-0.2, -0.15) is 0 Å². The summed E-state index contributed by atoms with van der Waals surface area (Å²) < 4.78 is 0. The molecular weight excluding hydrogens is 460 g/mol. The lowest BCUT2D eigenvalue weighted by atomic mass is 10.0. The van der Waals surface area contributed by atoms with Crippen LogP contribution in [0.3, 0.4) is 0 Å². The van der Waals surface area contributed by atoms with Gasteiger partial charge in [-0.05, 0) is 49.9 Å². The molecule has 2 aliphatic rings. The van der Waals surface area contributed by atoms with Crippen molar-refractivity contribution in [1.29, 1.82) is 0 Å². The fourth-order valence-corrected chi connectivity index (χ4v) is 4.39. The lowest BCUT2D eigenvalue weighted by Gasteiger charge is -2.28. The van der Waals surface area contributed by atoms with Crippen LogP contribution in [0.15, 0.2) is 24.3 Å². The predicted octanol–water partition coefficient (Wildman–Crippen LogP) is -0.793. The molecule has 6 N–H and O–H groups in total. The molecule has 0 spiro atoms. The summed E-state index contributed by atoms with van der Waals surface area (Å²) in [6.07, 6.45) is 1.63. The first-order valence-electron chi connectivity index (χ1n) is 11.5. The van der Waals surface area contributed by atoms with E-state index in [0.29, 0.717) is 31.4 Å². The molecule has 0 saturated carbocycles. The number of aromatic hydroxyl groups is 1. The lowest BCUT2D eigenvalue weighted by molar-refractivity contribution is -0.144. The molecule has 1 aromatic carbocycles. The first kappa shape index (κ1) is 25.9. The number of phenols is 1. The molecule has 0 bridgehead atoms. The van der Waals surface area contributed by atoms with Gasteiger partial charge in [-0.1, -0.05) is 12.1 Å². The van der Waals surface area contributed by atoms with E-state index in [-0.39, 0.29) is 24.1 Å². The zero-order chi connectivity index (χ0) is 25.5. The van der Waals surface area contributed by atoms with Crippen molar-refractivity contribution < 1.29 is 39.3 Å². The predicted molar refractivity (Wildman–Crippen MR) is 121 cm³/mol. The number of carbonyl (C=O) groups is 5. The molecule has 3 amide bonds. The van der Waals surface area contributed by atoms with Crippen LogP contribution in [-0.4, -0.2) is 87.1 Å². The Hall–Kier alpha value is -3.67. The molecule has 1 aromatic rings. The Bertz CT molecular complexity index is 961. The van der Waals surface area contributed by atoms with E-state index >= 15 is 0 Å². The Morgan fingerprint density at radius 2 is 1.71 bits per heavy atom. The summed E-state index contributed by atoms with van der Waals surface area (Å²) in [5.41, 5.74) is 0.523. The normalized spacial score (nSPS) is 21.2. The fourth-order valence-electron chi connectivity index (χ4n) is 4.39. The van der Waals surface area contributed by atoms with Gasteiger partial charge >= 0.3 is 11.9 Å². The smallest absolute Gasteiger partial charge is 0.326 e. The van der Waals surface area contributed by atoms with Gasteiger partial charge in [0, 0.05) is 13.0 Å². The van der Waals surface area contributed by atoms with E-state index in [2.05, 4.69) is 16.0 Å². The third-order valence-electron chi connectivity index (χ3n) is 6.20. The van der Waals surface area contributed by atoms with Crippen LogP contribution < -0.4 is 16.0 Å². The maximum absolute atomic E-state index is 13.0. The molecule has 2 saturated heterocycles. The number of carboxylic acid groups (broad SMARTS) is 2. The van der Waals surface area contributed by atoms with Gasteiger partial charge in [0.25, 0.3) is 0 Å². The number of carbonyl (C=O) groups excluding carboxylic acids is 3. The Balaban J connectivity index is 1.67. The highest BCUT2D eigenvalue weighted by Crippen LogP contribution is 2.21. The summed E-state index contributed by atoms with van der Waals surface area (Å²) in [6, 6.07) is 1.64. The standard InChI is InChI=1S/C23H30N4O8/c28-14-7-5-13(6-8-14)11-17(23(34)35)26-20(31)16(12-19(29)30)25-21(32)18-4-2-10-27(18)22(33)15-3-1-9-24-15/h5-8,15-18,24,28H,1-4,9-12H2,(H,25,32)(H,26,31)(H,29,30)(H,34,35). The Labute approximate surface area is 201 Å². The van der Waals surface area contributed by atoms with Crippen LogP contribution in [-0.2, 0) is 30.4 Å². The Morgan fingerprint density at radius 3 is 2.31 bits per heavy atom. The summed E-state index contributed by atoms with van der Waals surface area (Å²) in [4.78, 5) is 63.1. The molecule has 12 heteroatoms. The number of benzene rings is 1. The monoisotopic (exact) mass is 490 g/mol. The Kier molecular flexibility index (Phi) is 8.63. The van der Waals surface area contributed by atoms with Gasteiger partial charge in [0.05, 0.1) is 12.5 Å². The largest absolute Gasteiger partial charge is 0.508 e. The highest BCUT2D eigenvalue weighted by Gasteiger charge is 2.39. The van der Waals surface area contributed by atoms with E-state index < -0.39 is 48.3 Å². The van der Waals surface area contributed by atoms with Crippen molar-refractivity contribution >= 4 is 29.7 Å². The van der Waals surface area contributed by atoms with E-state index in [1.54, 1.807) is 0 Å². The maximum atomic E-state index is 13.0. The number of nitrogens with zero attached hydrogens (tertiary/aromatic N) is 1. The minimum Gasteiger partial charge on any atom is -0.508 e. The van der Waals surface area contributed by atoms with Crippen molar-refractivity contribution in [3.05, 3.63) is 29.8 Å². The summed E-state index contributed by atoms with van der Waals surface area (Å²) >= 11 is 0. The van der Waals surface area contributed by atoms with Gasteiger partial charge < -0.3 is 36.2 Å². The van der Waals surface area contributed by atoms with Gasteiger partial charge in [-0.3, -0.25) is 19.2 Å². The second-order valence-electron chi connectivity index (χ2n) is 8.77. The van der Waals surface area contributed by atoms with E-state index in [9.17, 15) is 39.3 Å². The van der Waals surface area contributed by atoms with Crippen LogP contribution in [0, 0.1) is 0 Å². The van der Waals surface area contributed by atoms with E-state index in [0.717, 1.165) is 13.0 Å². The third-order valence-corrected chi connectivity index (χ3v) is 6.20. The molecule has 2 heterocycles. The molecule has 2 fully saturated rings. The zero-order valence-electron chi connectivity index (χ0n) is 19.1. The van der Waals surface area contributed by atoms with Gasteiger partial charge in [-0.15, -0.1) is 0 Å². The molecule has 35 heavy (non-hydrogen) atoms. The number of hydrogen-bond donors (Lipinski definition) is 6. The molecule has 2 aliphatic heterocycles. The van der Waals surface area contributed by atoms with E-state index in [4.69, 9.17) is 0 Å². The number of rotatable bonds is 10. The van der Waals surface area contributed by atoms with Crippen molar-refractivity contribution in [3.8, 4) is 5.75 Å². The van der Waals surface area contributed by atoms with Gasteiger partial charge in [-0.25, -0.2) is 4.79 Å². The minimum atomic E-state index is -1.52. The number of aliphatic carboxylic acids is 2. The van der Waals surface area contributed by atoms with Gasteiger partial charge in [0.2, 0.25) is 17.7 Å². The zero-order valence-corrected chi connectivity index (χ0v) is 19.1. The highest BCUT2D eigenvalue weighted by molar-refractivity contribution is 5.96. The van der Waals surface area contributed by atoms with E-state index in [1.165, 1.54) is 29.2 Å². The van der Waals surface area contributed by atoms with Crippen LogP contribution in [0.5, 0.6) is 5.75 Å². The molecule has 12 nitrogen and oxygen atoms in total. The molecule has 3 rings (SSSR count). The van der Waals surface area contributed by atoms with E-state index in [1.807, 2.05) is 0 Å². The summed E-state index contributed by atoms with van der Waals surface area (Å²) in [5, 5.41) is 36.0. The minimum absolute atomic E-state index is 0.00274. The average Bonchev–Trinajstić information content (AvgIpc) is 3.51. The number of amides is 3. The quantitative estimate of drug-likeness (QED) is 0.244. The van der Waals surface area contributed by atoms with Crippen LogP contribution >= 0.6 is 0 Å². The number of likely N-dealkylation sites (tertiary alicyclic amines) is 1. The molecule has 4 unspecified atom stereocenters. The van der Waals surface area contributed by atoms with Crippen molar-refractivity contribution in [2.24, 2.45) is 0 Å². The van der Waals surface area contributed by atoms with Crippen LogP contribution in [0.2, 0.25) is 0 Å². The topological polar surface area (TPSA) is 185 Å². The number of hydrogen-bond acceptors (Lipinski definition) is 7. The van der Waals surface area contributed by atoms with Crippen LogP contribution in [0.4, 0.5) is 0 Å². The first-order valence-corrected chi connectivity index (χ1v) is 11.5. The molecular formula is C23H30N4O8. The summed E-state index contributed by atoms with van der Waals surface area (Å²) in [5.74, 6) is -4.51. The fraction of sp³-hybridized carbons (Fsp3) is 0.522. The summed E-state index contributed by atoms with van der Waals surface area (Å²) in [7, 11) is 0. The average molecular weight is 491 g/mol. The van der Waals surface area contributed by atoms with Crippen LogP contribution in [0.1, 0.15) is 37.7 Å². The second-order valence-corrected chi connectivity index (χ2v) is 8.77. The van der Waals surface area contributed by atoms with Crippen molar-refractivity contribution in [2.75, 3.05) is 13.1 Å². The lowest BCUT2D eigenvalue weighted by Crippen LogP contribution is -2.57.